The topological polar surface area (TPSA) is 113 Å². The minimum atomic E-state index is -3.77. The number of nitrogens with one attached hydrogen (secondary N) is 1. The standard InChI is InChI=1S/C22H29N3O6S3/c1-31-19-10-9-18(15-20(19)33(27,28)24-11-3-2-4-12-24)23-22(26)17-7-5-13-25(16-17)34(29,30)21-8-6-14-32-21/h6,8-10,14-15,17H,2-5,7,11-13,16H2,1H3,(H,23,26). The molecule has 3 heterocycles. The number of carbonyl (C=O) groups excluding carboxylic acids is 1. The van der Waals surface area contributed by atoms with E-state index in [2.05, 4.69) is 5.32 Å². The van der Waals surface area contributed by atoms with Gasteiger partial charge in [0.2, 0.25) is 15.9 Å². The zero-order valence-electron chi connectivity index (χ0n) is 19.0. The molecule has 0 bridgehead atoms. The molecule has 9 nitrogen and oxygen atoms in total. The number of hydrogen-bond acceptors (Lipinski definition) is 7. The van der Waals surface area contributed by atoms with E-state index in [0.29, 0.717) is 38.2 Å². The zero-order chi connectivity index (χ0) is 24.3. The largest absolute Gasteiger partial charge is 0.495 e. The van der Waals surface area contributed by atoms with E-state index >= 15 is 0 Å². The number of ether oxygens (including phenoxy) is 1. The lowest BCUT2D eigenvalue weighted by atomic mass is 9.98. The van der Waals surface area contributed by atoms with Gasteiger partial charge in [0.1, 0.15) is 14.9 Å². The third-order valence-corrected chi connectivity index (χ3v) is 11.4. The zero-order valence-corrected chi connectivity index (χ0v) is 21.4. The predicted molar refractivity (Wildman–Crippen MR) is 130 cm³/mol. The van der Waals surface area contributed by atoms with Crippen molar-refractivity contribution < 1.29 is 26.4 Å². The Balaban J connectivity index is 1.51. The van der Waals surface area contributed by atoms with Crippen molar-refractivity contribution in [3.8, 4) is 5.75 Å². The first-order valence-electron chi connectivity index (χ1n) is 11.3. The van der Waals surface area contributed by atoms with Crippen molar-refractivity contribution in [2.75, 3.05) is 38.6 Å². The van der Waals surface area contributed by atoms with Gasteiger partial charge in [-0.2, -0.15) is 8.61 Å². The van der Waals surface area contributed by atoms with Gasteiger partial charge in [0.15, 0.2) is 0 Å². The number of methoxy groups -OCH3 is 1. The van der Waals surface area contributed by atoms with Crippen LogP contribution in [0.4, 0.5) is 5.69 Å². The molecule has 0 aliphatic carbocycles. The van der Waals surface area contributed by atoms with E-state index in [-0.39, 0.29) is 27.3 Å². The summed E-state index contributed by atoms with van der Waals surface area (Å²) in [5, 5.41) is 4.50. The van der Waals surface area contributed by atoms with Crippen LogP contribution in [0.25, 0.3) is 0 Å². The van der Waals surface area contributed by atoms with Crippen molar-refractivity contribution in [1.29, 1.82) is 0 Å². The highest BCUT2D eigenvalue weighted by Gasteiger charge is 2.34. The Hall–Kier alpha value is -1.99. The molecule has 1 atom stereocenters. The van der Waals surface area contributed by atoms with Crippen LogP contribution < -0.4 is 10.1 Å². The summed E-state index contributed by atoms with van der Waals surface area (Å²) >= 11 is 1.15. The normalized spacial score (nSPS) is 20.7. The van der Waals surface area contributed by atoms with Gasteiger partial charge < -0.3 is 10.1 Å². The van der Waals surface area contributed by atoms with E-state index in [0.717, 1.165) is 30.6 Å². The molecule has 1 amide bonds. The van der Waals surface area contributed by atoms with E-state index in [1.165, 1.54) is 27.9 Å². The average molecular weight is 528 g/mol. The number of rotatable bonds is 7. The first kappa shape index (κ1) is 25.1. The molecule has 0 saturated carbocycles. The third kappa shape index (κ3) is 5.15. The molecule has 0 spiro atoms. The van der Waals surface area contributed by atoms with E-state index in [4.69, 9.17) is 4.74 Å². The van der Waals surface area contributed by atoms with Crippen molar-refractivity contribution in [2.45, 2.75) is 41.2 Å². The van der Waals surface area contributed by atoms with Crippen LogP contribution in [0.1, 0.15) is 32.1 Å². The predicted octanol–water partition coefficient (Wildman–Crippen LogP) is 2.97. The molecular weight excluding hydrogens is 498 g/mol. The summed E-state index contributed by atoms with van der Waals surface area (Å²) in [4.78, 5) is 13.0. The van der Waals surface area contributed by atoms with Crippen LogP contribution in [-0.2, 0) is 24.8 Å². The number of carbonyl (C=O) groups is 1. The lowest BCUT2D eigenvalue weighted by Gasteiger charge is -2.31. The molecule has 2 fully saturated rings. The van der Waals surface area contributed by atoms with Crippen LogP contribution >= 0.6 is 11.3 Å². The number of benzene rings is 1. The summed E-state index contributed by atoms with van der Waals surface area (Å²) in [5.41, 5.74) is 0.333. The number of hydrogen-bond donors (Lipinski definition) is 1. The quantitative estimate of drug-likeness (QED) is 0.592. The summed E-state index contributed by atoms with van der Waals surface area (Å²) in [6, 6.07) is 7.79. The second kappa shape index (κ2) is 10.3. The SMILES string of the molecule is COc1ccc(NC(=O)C2CCCN(S(=O)(=O)c3cccs3)C2)cc1S(=O)(=O)N1CCCCC1. The Bertz CT molecular complexity index is 1220. The Kier molecular flexibility index (Phi) is 7.63. The van der Waals surface area contributed by atoms with E-state index in [1.807, 2.05) is 0 Å². The van der Waals surface area contributed by atoms with Gasteiger partial charge in [-0.05, 0) is 55.3 Å². The van der Waals surface area contributed by atoms with Gasteiger partial charge in [-0.1, -0.05) is 12.5 Å². The molecule has 2 saturated heterocycles. The van der Waals surface area contributed by atoms with E-state index in [9.17, 15) is 21.6 Å². The van der Waals surface area contributed by atoms with Crippen molar-refractivity contribution in [2.24, 2.45) is 5.92 Å². The minimum Gasteiger partial charge on any atom is -0.495 e. The molecule has 1 aromatic heterocycles. The van der Waals surface area contributed by atoms with Crippen LogP contribution in [0.5, 0.6) is 5.75 Å². The van der Waals surface area contributed by atoms with Gasteiger partial charge in [0, 0.05) is 31.9 Å². The fourth-order valence-electron chi connectivity index (χ4n) is 4.36. The fraction of sp³-hybridized carbons (Fsp3) is 0.500. The summed E-state index contributed by atoms with van der Waals surface area (Å²) in [6.07, 6.45) is 3.74. The molecule has 1 aromatic carbocycles. The molecular formula is C22H29N3O6S3. The van der Waals surface area contributed by atoms with Gasteiger partial charge in [0.05, 0.1) is 13.0 Å². The molecule has 4 rings (SSSR count). The molecule has 2 aliphatic heterocycles. The molecule has 34 heavy (non-hydrogen) atoms. The maximum Gasteiger partial charge on any atom is 0.252 e. The second-order valence-electron chi connectivity index (χ2n) is 8.45. The Morgan fingerprint density at radius 3 is 2.41 bits per heavy atom. The van der Waals surface area contributed by atoms with Crippen LogP contribution in [-0.4, -0.2) is 64.6 Å². The Morgan fingerprint density at radius 1 is 1.00 bits per heavy atom. The van der Waals surface area contributed by atoms with Gasteiger partial charge in [-0.15, -0.1) is 11.3 Å². The first-order chi connectivity index (χ1) is 16.2. The Labute approximate surface area is 204 Å². The highest BCUT2D eigenvalue weighted by molar-refractivity contribution is 7.91. The highest BCUT2D eigenvalue weighted by atomic mass is 32.2. The summed E-state index contributed by atoms with van der Waals surface area (Å²) < 4.78 is 60.6. The van der Waals surface area contributed by atoms with E-state index < -0.39 is 26.0 Å². The monoisotopic (exact) mass is 527 g/mol. The molecule has 1 N–H and O–H groups in total. The Morgan fingerprint density at radius 2 is 1.74 bits per heavy atom. The van der Waals surface area contributed by atoms with Gasteiger partial charge in [0.25, 0.3) is 10.0 Å². The van der Waals surface area contributed by atoms with Crippen molar-refractivity contribution in [3.63, 3.8) is 0 Å². The van der Waals surface area contributed by atoms with Crippen molar-refractivity contribution >= 4 is 43.0 Å². The molecule has 186 valence electrons. The second-order valence-corrected chi connectivity index (χ2v) is 13.5. The van der Waals surface area contributed by atoms with Crippen molar-refractivity contribution in [1.82, 2.24) is 8.61 Å². The smallest absolute Gasteiger partial charge is 0.252 e. The molecule has 2 aromatic rings. The number of anilines is 1. The number of amides is 1. The van der Waals surface area contributed by atoms with Gasteiger partial charge in [-0.3, -0.25) is 4.79 Å². The lowest BCUT2D eigenvalue weighted by molar-refractivity contribution is -0.120. The highest BCUT2D eigenvalue weighted by Crippen LogP contribution is 2.32. The van der Waals surface area contributed by atoms with Gasteiger partial charge >= 0.3 is 0 Å². The summed E-state index contributed by atoms with van der Waals surface area (Å²) in [7, 11) is -6.00. The summed E-state index contributed by atoms with van der Waals surface area (Å²) in [5.74, 6) is -0.653. The van der Waals surface area contributed by atoms with Crippen LogP contribution in [0.15, 0.2) is 44.8 Å². The van der Waals surface area contributed by atoms with Crippen LogP contribution in [0, 0.1) is 5.92 Å². The fourth-order valence-corrected chi connectivity index (χ4v) is 8.72. The maximum absolute atomic E-state index is 13.2. The summed E-state index contributed by atoms with van der Waals surface area (Å²) in [6.45, 7) is 1.36. The minimum absolute atomic E-state index is 0.0141. The van der Waals surface area contributed by atoms with E-state index in [1.54, 1.807) is 23.6 Å². The molecule has 1 unspecified atom stereocenters. The lowest BCUT2D eigenvalue weighted by Crippen LogP contribution is -2.43. The van der Waals surface area contributed by atoms with Crippen molar-refractivity contribution in [3.05, 3.63) is 35.7 Å². The number of sulfonamides is 2. The maximum atomic E-state index is 13.2. The molecule has 0 radical (unpaired) electrons. The van der Waals surface area contributed by atoms with Crippen LogP contribution in [0.2, 0.25) is 0 Å². The van der Waals surface area contributed by atoms with Crippen LogP contribution in [0.3, 0.4) is 0 Å². The first-order valence-corrected chi connectivity index (χ1v) is 15.0. The average Bonchev–Trinajstić information content (AvgIpc) is 3.41. The van der Waals surface area contributed by atoms with Gasteiger partial charge in [-0.25, -0.2) is 16.8 Å². The molecule has 2 aliphatic rings. The number of thiophene rings is 1. The number of piperidine rings is 2. The number of nitrogens with zero attached hydrogens (tertiary/aromatic N) is 2. The molecule has 12 heteroatoms. The third-order valence-electron chi connectivity index (χ3n) is 6.21.